The molecule has 0 unspecified atom stereocenters. The van der Waals surface area contributed by atoms with Crippen molar-refractivity contribution in [3.8, 4) is 17.1 Å². The Kier molecular flexibility index (Phi) is 5.15. The van der Waals surface area contributed by atoms with Crippen LogP contribution in [-0.4, -0.2) is 19.5 Å². The molecule has 0 bridgehead atoms. The molecule has 3 rings (SSSR count). The zero-order chi connectivity index (χ0) is 16.1. The summed E-state index contributed by atoms with van der Waals surface area (Å²) in [5.41, 5.74) is 4.26. The molecule has 0 spiro atoms. The van der Waals surface area contributed by atoms with Crippen LogP contribution in [0.1, 0.15) is 39.1 Å². The van der Waals surface area contributed by atoms with E-state index in [2.05, 4.69) is 16.9 Å². The van der Waals surface area contributed by atoms with Crippen molar-refractivity contribution < 1.29 is 5.11 Å². The van der Waals surface area contributed by atoms with Crippen LogP contribution in [-0.2, 0) is 12.8 Å². The highest BCUT2D eigenvalue weighted by atomic mass is 16.3. The molecule has 0 amide bonds. The molecule has 0 aliphatic rings. The van der Waals surface area contributed by atoms with Crippen LogP contribution in [0.2, 0.25) is 0 Å². The summed E-state index contributed by atoms with van der Waals surface area (Å²) in [5, 5.41) is 10.3. The van der Waals surface area contributed by atoms with Gasteiger partial charge in [0.05, 0.1) is 11.4 Å². The van der Waals surface area contributed by atoms with Gasteiger partial charge in [-0.2, -0.15) is 0 Å². The van der Waals surface area contributed by atoms with Crippen molar-refractivity contribution in [2.24, 2.45) is 0 Å². The number of imidazole rings is 1. The van der Waals surface area contributed by atoms with E-state index in [4.69, 9.17) is 0 Å². The fourth-order valence-electron chi connectivity index (χ4n) is 2.37. The highest BCUT2D eigenvalue weighted by Crippen LogP contribution is 2.25. The van der Waals surface area contributed by atoms with Gasteiger partial charge in [-0.25, -0.2) is 9.97 Å². The Balaban J connectivity index is 0.000000847. The predicted octanol–water partition coefficient (Wildman–Crippen LogP) is 4.25. The van der Waals surface area contributed by atoms with Gasteiger partial charge >= 0.3 is 0 Å². The zero-order valence-electron chi connectivity index (χ0n) is 13.7. The first-order chi connectivity index (χ1) is 10.7. The van der Waals surface area contributed by atoms with Gasteiger partial charge in [0.1, 0.15) is 5.69 Å². The molecule has 2 aromatic heterocycles. The van der Waals surface area contributed by atoms with Crippen LogP contribution in [0.5, 0.6) is 5.88 Å². The lowest BCUT2D eigenvalue weighted by Crippen LogP contribution is -1.98. The molecule has 0 aliphatic carbocycles. The van der Waals surface area contributed by atoms with Crippen molar-refractivity contribution in [3.63, 3.8) is 0 Å². The Labute approximate surface area is 131 Å². The van der Waals surface area contributed by atoms with E-state index in [0.29, 0.717) is 12.1 Å². The van der Waals surface area contributed by atoms with E-state index in [9.17, 15) is 5.11 Å². The summed E-state index contributed by atoms with van der Waals surface area (Å²) in [7, 11) is 0. The number of rotatable bonds is 3. The quantitative estimate of drug-likeness (QED) is 0.786. The van der Waals surface area contributed by atoms with Gasteiger partial charge < -0.3 is 5.11 Å². The summed E-state index contributed by atoms with van der Waals surface area (Å²) in [6, 6.07) is 9.98. The number of aryl methyl sites for hydroxylation is 2. The second-order valence-corrected chi connectivity index (χ2v) is 4.72. The molecule has 1 aromatic carbocycles. The molecule has 22 heavy (non-hydrogen) atoms. The molecule has 0 saturated carbocycles. The van der Waals surface area contributed by atoms with Gasteiger partial charge in [0.2, 0.25) is 5.88 Å². The monoisotopic (exact) mass is 297 g/mol. The Morgan fingerprint density at radius 2 is 1.59 bits per heavy atom. The van der Waals surface area contributed by atoms with Crippen molar-refractivity contribution in [3.05, 3.63) is 47.9 Å². The minimum atomic E-state index is 0.219. The largest absolute Gasteiger partial charge is 0.493 e. The Hall–Kier alpha value is -2.36. The summed E-state index contributed by atoms with van der Waals surface area (Å²) in [6.45, 7) is 8.03. The smallest absolute Gasteiger partial charge is 0.219 e. The predicted molar refractivity (Wildman–Crippen MR) is 90.2 cm³/mol. The third-order valence-electron chi connectivity index (χ3n) is 3.46. The fraction of sp³-hybridized carbons (Fsp3) is 0.333. The molecule has 0 radical (unpaired) electrons. The van der Waals surface area contributed by atoms with E-state index >= 15 is 0 Å². The fourth-order valence-corrected chi connectivity index (χ4v) is 2.37. The maximum Gasteiger partial charge on any atom is 0.219 e. The standard InChI is InChI=1S/C16H17N3O.C2H6/c1-3-12-15-18-13(4-2)16(20)19(15)10-14(17-12)11-8-6-5-7-9-11;1-2/h5-10,20H,3-4H2,1-2H3;1-2H3. The average Bonchev–Trinajstić information content (AvgIpc) is 2.93. The SMILES string of the molecule is CC.CCc1nc2c(CC)nc(-c3ccccc3)cn2c1O. The Morgan fingerprint density at radius 3 is 2.18 bits per heavy atom. The number of aromatic hydroxyl groups is 1. The molecule has 4 nitrogen and oxygen atoms in total. The second-order valence-electron chi connectivity index (χ2n) is 4.72. The van der Waals surface area contributed by atoms with Crippen LogP contribution in [0.4, 0.5) is 0 Å². The molecule has 1 N–H and O–H groups in total. The maximum absolute atomic E-state index is 10.3. The van der Waals surface area contributed by atoms with Crippen molar-refractivity contribution in [1.29, 1.82) is 0 Å². The molecule has 0 aliphatic heterocycles. The van der Waals surface area contributed by atoms with E-state index in [-0.39, 0.29) is 5.88 Å². The van der Waals surface area contributed by atoms with Crippen LogP contribution >= 0.6 is 0 Å². The summed E-state index contributed by atoms with van der Waals surface area (Å²) >= 11 is 0. The van der Waals surface area contributed by atoms with Gasteiger partial charge in [-0.3, -0.25) is 4.40 Å². The average molecular weight is 297 g/mol. The van der Waals surface area contributed by atoms with Crippen molar-refractivity contribution in [1.82, 2.24) is 14.4 Å². The van der Waals surface area contributed by atoms with Gasteiger partial charge in [0.25, 0.3) is 0 Å². The molecule has 116 valence electrons. The van der Waals surface area contributed by atoms with Crippen LogP contribution in [0.15, 0.2) is 36.5 Å². The Bertz CT molecular complexity index is 748. The molecule has 4 heteroatoms. The number of nitrogens with zero attached hydrogens (tertiary/aromatic N) is 3. The minimum Gasteiger partial charge on any atom is -0.493 e. The van der Waals surface area contributed by atoms with Crippen LogP contribution in [0.3, 0.4) is 0 Å². The summed E-state index contributed by atoms with van der Waals surface area (Å²) < 4.78 is 1.74. The second kappa shape index (κ2) is 7.07. The van der Waals surface area contributed by atoms with Gasteiger partial charge in [-0.1, -0.05) is 58.0 Å². The molecule has 0 atom stereocenters. The van der Waals surface area contributed by atoms with E-state index < -0.39 is 0 Å². The van der Waals surface area contributed by atoms with Gasteiger partial charge in [-0.15, -0.1) is 0 Å². The normalized spacial score (nSPS) is 10.4. The molecule has 2 heterocycles. The van der Waals surface area contributed by atoms with E-state index in [1.807, 2.05) is 57.3 Å². The topological polar surface area (TPSA) is 50.4 Å². The Morgan fingerprint density at radius 1 is 0.955 bits per heavy atom. The number of hydrogen-bond donors (Lipinski definition) is 1. The van der Waals surface area contributed by atoms with Crippen molar-refractivity contribution in [2.45, 2.75) is 40.5 Å². The maximum atomic E-state index is 10.3. The van der Waals surface area contributed by atoms with Gasteiger partial charge in [-0.05, 0) is 12.8 Å². The molecule has 3 aromatic rings. The third-order valence-corrected chi connectivity index (χ3v) is 3.46. The van der Waals surface area contributed by atoms with Crippen molar-refractivity contribution >= 4 is 5.65 Å². The van der Waals surface area contributed by atoms with Crippen molar-refractivity contribution in [2.75, 3.05) is 0 Å². The summed E-state index contributed by atoms with van der Waals surface area (Å²) in [5.74, 6) is 0.219. The number of benzene rings is 1. The van der Waals surface area contributed by atoms with Gasteiger partial charge in [0.15, 0.2) is 5.65 Å². The van der Waals surface area contributed by atoms with E-state index in [1.165, 1.54) is 0 Å². The number of aromatic nitrogens is 3. The summed E-state index contributed by atoms with van der Waals surface area (Å²) in [4.78, 5) is 9.17. The highest BCUT2D eigenvalue weighted by molar-refractivity contribution is 5.62. The van der Waals surface area contributed by atoms with Crippen LogP contribution < -0.4 is 0 Å². The van der Waals surface area contributed by atoms with E-state index in [1.54, 1.807) is 4.40 Å². The first kappa shape index (κ1) is 16.0. The van der Waals surface area contributed by atoms with Crippen LogP contribution in [0, 0.1) is 0 Å². The minimum absolute atomic E-state index is 0.219. The molecular weight excluding hydrogens is 274 g/mol. The zero-order valence-corrected chi connectivity index (χ0v) is 13.7. The molecular formula is C18H23N3O. The lowest BCUT2D eigenvalue weighted by Gasteiger charge is -2.06. The highest BCUT2D eigenvalue weighted by Gasteiger charge is 2.14. The van der Waals surface area contributed by atoms with E-state index in [0.717, 1.165) is 29.0 Å². The first-order valence-electron chi connectivity index (χ1n) is 7.89. The van der Waals surface area contributed by atoms with Gasteiger partial charge in [0, 0.05) is 11.8 Å². The lowest BCUT2D eigenvalue weighted by atomic mass is 10.1. The van der Waals surface area contributed by atoms with Crippen LogP contribution in [0.25, 0.3) is 16.9 Å². The third kappa shape index (κ3) is 2.82. The lowest BCUT2D eigenvalue weighted by molar-refractivity contribution is 0.441. The molecule has 0 saturated heterocycles. The first-order valence-corrected chi connectivity index (χ1v) is 7.89. The number of hydrogen-bond acceptors (Lipinski definition) is 3. The molecule has 0 fully saturated rings. The number of fused-ring (bicyclic) bond motifs is 1. The summed E-state index contributed by atoms with van der Waals surface area (Å²) in [6.07, 6.45) is 3.34.